The highest BCUT2D eigenvalue weighted by atomic mass is 19.1. The van der Waals surface area contributed by atoms with Gasteiger partial charge in [0.1, 0.15) is 18.2 Å². The fourth-order valence-electron chi connectivity index (χ4n) is 3.89. The Kier molecular flexibility index (Phi) is 9.01. The first-order valence-corrected chi connectivity index (χ1v) is 10.6. The molecule has 31 heavy (non-hydrogen) atoms. The van der Waals surface area contributed by atoms with Crippen LogP contribution in [-0.2, 0) is 4.79 Å². The maximum absolute atomic E-state index is 13.5. The maximum atomic E-state index is 13.5. The number of aliphatic carboxylic acids is 1. The number of carboxylic acids is 1. The molecule has 2 aromatic rings. The SMILES string of the molecule is Cc1cc(C)c(OCC(O)C[C@@H](O)CC(=O)[O-])c(C(CC(C)C)c2ccc(F)cc2)c1. The number of rotatable bonds is 11. The van der Waals surface area contributed by atoms with Crippen LogP contribution >= 0.6 is 0 Å². The van der Waals surface area contributed by atoms with Crippen molar-refractivity contribution in [1.29, 1.82) is 0 Å². The molecule has 0 saturated carbocycles. The molecule has 2 unspecified atom stereocenters. The van der Waals surface area contributed by atoms with E-state index in [4.69, 9.17) is 4.74 Å². The lowest BCUT2D eigenvalue weighted by Crippen LogP contribution is -2.31. The van der Waals surface area contributed by atoms with Crippen molar-refractivity contribution in [2.24, 2.45) is 5.92 Å². The molecule has 2 N–H and O–H groups in total. The van der Waals surface area contributed by atoms with Gasteiger partial charge in [-0.1, -0.05) is 43.7 Å². The Balaban J connectivity index is 2.31. The summed E-state index contributed by atoms with van der Waals surface area (Å²) in [5.74, 6) is -0.645. The van der Waals surface area contributed by atoms with E-state index < -0.39 is 24.6 Å². The zero-order chi connectivity index (χ0) is 23.1. The van der Waals surface area contributed by atoms with E-state index in [2.05, 4.69) is 19.9 Å². The topological polar surface area (TPSA) is 89.8 Å². The first-order valence-electron chi connectivity index (χ1n) is 10.6. The van der Waals surface area contributed by atoms with Gasteiger partial charge in [0.05, 0.1) is 12.2 Å². The van der Waals surface area contributed by atoms with Gasteiger partial charge in [-0.2, -0.15) is 0 Å². The van der Waals surface area contributed by atoms with Crippen LogP contribution in [0.2, 0.25) is 0 Å². The van der Waals surface area contributed by atoms with Crippen molar-refractivity contribution in [2.75, 3.05) is 6.61 Å². The smallest absolute Gasteiger partial charge is 0.126 e. The van der Waals surface area contributed by atoms with Crippen LogP contribution in [0.5, 0.6) is 5.75 Å². The number of ether oxygens (including phenoxy) is 1. The summed E-state index contributed by atoms with van der Waals surface area (Å²) < 4.78 is 19.5. The molecule has 0 radical (unpaired) electrons. The number of aliphatic hydroxyl groups excluding tert-OH is 2. The number of aryl methyl sites for hydroxylation is 2. The van der Waals surface area contributed by atoms with Gasteiger partial charge in [-0.15, -0.1) is 0 Å². The van der Waals surface area contributed by atoms with Gasteiger partial charge in [0.15, 0.2) is 0 Å². The summed E-state index contributed by atoms with van der Waals surface area (Å²) >= 11 is 0. The molecule has 0 amide bonds. The molecule has 0 aliphatic heterocycles. The maximum Gasteiger partial charge on any atom is 0.126 e. The minimum atomic E-state index is -1.37. The van der Waals surface area contributed by atoms with Crippen molar-refractivity contribution in [2.45, 2.75) is 65.1 Å². The Hall–Kier alpha value is -2.44. The van der Waals surface area contributed by atoms with Crippen molar-refractivity contribution in [3.05, 3.63) is 64.5 Å². The molecule has 0 bridgehead atoms. The second-order valence-electron chi connectivity index (χ2n) is 8.66. The molecular formula is C25H32FO5-. The van der Waals surface area contributed by atoms with E-state index in [0.717, 1.165) is 28.7 Å². The molecule has 5 nitrogen and oxygen atoms in total. The molecule has 0 aliphatic carbocycles. The summed E-state index contributed by atoms with van der Waals surface area (Å²) in [6.07, 6.45) is -2.06. The van der Waals surface area contributed by atoms with Crippen molar-refractivity contribution in [3.8, 4) is 5.75 Å². The molecule has 0 aliphatic rings. The van der Waals surface area contributed by atoms with E-state index in [-0.39, 0.29) is 24.8 Å². The fraction of sp³-hybridized carbons (Fsp3) is 0.480. The molecule has 6 heteroatoms. The second kappa shape index (κ2) is 11.3. The lowest BCUT2D eigenvalue weighted by atomic mass is 9.83. The van der Waals surface area contributed by atoms with E-state index in [1.807, 2.05) is 19.9 Å². The number of aliphatic hydroxyl groups is 2. The van der Waals surface area contributed by atoms with Crippen LogP contribution in [0.1, 0.15) is 61.3 Å². The van der Waals surface area contributed by atoms with E-state index in [1.165, 1.54) is 12.1 Å². The Bertz CT molecular complexity index is 863. The van der Waals surface area contributed by atoms with Gasteiger partial charge >= 0.3 is 0 Å². The van der Waals surface area contributed by atoms with Crippen LogP contribution in [0.15, 0.2) is 36.4 Å². The summed E-state index contributed by atoms with van der Waals surface area (Å²) in [7, 11) is 0. The Labute approximate surface area is 183 Å². The lowest BCUT2D eigenvalue weighted by Gasteiger charge is -2.26. The van der Waals surface area contributed by atoms with Gasteiger partial charge in [-0.25, -0.2) is 4.39 Å². The number of carbonyl (C=O) groups is 1. The third-order valence-electron chi connectivity index (χ3n) is 5.17. The minimum Gasteiger partial charge on any atom is -0.550 e. The Morgan fingerprint density at radius 2 is 1.71 bits per heavy atom. The van der Waals surface area contributed by atoms with Gasteiger partial charge in [0, 0.05) is 30.3 Å². The molecule has 0 saturated heterocycles. The number of benzene rings is 2. The van der Waals surface area contributed by atoms with E-state index in [1.54, 1.807) is 12.1 Å². The molecule has 170 valence electrons. The molecule has 0 spiro atoms. The van der Waals surface area contributed by atoms with Gasteiger partial charge in [-0.3, -0.25) is 0 Å². The van der Waals surface area contributed by atoms with E-state index in [9.17, 15) is 24.5 Å². The molecule has 3 atom stereocenters. The standard InChI is InChI=1S/C25H33FO5/c1-15(2)9-22(18-5-7-19(26)8-6-18)23-11-16(3)10-17(4)25(23)31-14-21(28)12-20(27)13-24(29)30/h5-8,10-11,15,20-22,27-28H,9,12-14H2,1-4H3,(H,29,30)/p-1/t20-,21?,22?/m1/s1. The van der Waals surface area contributed by atoms with Gasteiger partial charge in [0.25, 0.3) is 0 Å². The Morgan fingerprint density at radius 3 is 2.29 bits per heavy atom. The van der Waals surface area contributed by atoms with E-state index in [0.29, 0.717) is 11.7 Å². The van der Waals surface area contributed by atoms with Crippen LogP contribution in [0.3, 0.4) is 0 Å². The number of halogens is 1. The summed E-state index contributed by atoms with van der Waals surface area (Å²) in [6.45, 7) is 8.10. The molecule has 0 heterocycles. The molecule has 2 rings (SSSR count). The quantitative estimate of drug-likeness (QED) is 0.570. The summed E-state index contributed by atoms with van der Waals surface area (Å²) in [5.41, 5.74) is 3.92. The van der Waals surface area contributed by atoms with Crippen molar-refractivity contribution in [3.63, 3.8) is 0 Å². The predicted octanol–water partition coefficient (Wildman–Crippen LogP) is 3.25. The largest absolute Gasteiger partial charge is 0.550 e. The average molecular weight is 432 g/mol. The third kappa shape index (κ3) is 7.64. The number of carboxylic acid groups (broad SMARTS) is 1. The molecule has 0 aromatic heterocycles. The first-order chi connectivity index (χ1) is 14.6. The van der Waals surface area contributed by atoms with Crippen LogP contribution < -0.4 is 9.84 Å². The van der Waals surface area contributed by atoms with Crippen molar-refractivity contribution >= 4 is 5.97 Å². The summed E-state index contributed by atoms with van der Waals surface area (Å²) in [6, 6.07) is 10.5. The highest BCUT2D eigenvalue weighted by Crippen LogP contribution is 2.39. The van der Waals surface area contributed by atoms with E-state index >= 15 is 0 Å². The summed E-state index contributed by atoms with van der Waals surface area (Å²) in [5, 5.41) is 30.5. The average Bonchev–Trinajstić information content (AvgIpc) is 2.64. The zero-order valence-electron chi connectivity index (χ0n) is 18.6. The molecule has 0 fully saturated rings. The normalized spacial score (nSPS) is 14.3. The van der Waals surface area contributed by atoms with Gasteiger partial charge < -0.3 is 24.9 Å². The third-order valence-corrected chi connectivity index (χ3v) is 5.17. The van der Waals surface area contributed by atoms with Crippen LogP contribution in [0.4, 0.5) is 4.39 Å². The highest BCUT2D eigenvalue weighted by Gasteiger charge is 2.23. The van der Waals surface area contributed by atoms with Crippen LogP contribution in [0.25, 0.3) is 0 Å². The van der Waals surface area contributed by atoms with Gasteiger partial charge in [0.2, 0.25) is 0 Å². The van der Waals surface area contributed by atoms with Crippen LogP contribution in [-0.4, -0.2) is 35.0 Å². The minimum absolute atomic E-state index is 0.0185. The number of carbonyl (C=O) groups excluding carboxylic acids is 1. The molecular weight excluding hydrogens is 399 g/mol. The second-order valence-corrected chi connectivity index (χ2v) is 8.66. The predicted molar refractivity (Wildman–Crippen MR) is 115 cm³/mol. The van der Waals surface area contributed by atoms with Crippen molar-refractivity contribution in [1.82, 2.24) is 0 Å². The fourth-order valence-corrected chi connectivity index (χ4v) is 3.89. The van der Waals surface area contributed by atoms with Crippen molar-refractivity contribution < 1.29 is 29.2 Å². The number of hydrogen-bond donors (Lipinski definition) is 2. The molecule has 2 aromatic carbocycles. The van der Waals surface area contributed by atoms with Crippen LogP contribution in [0, 0.1) is 25.6 Å². The lowest BCUT2D eigenvalue weighted by molar-refractivity contribution is -0.307. The monoisotopic (exact) mass is 431 g/mol. The zero-order valence-corrected chi connectivity index (χ0v) is 18.6. The summed E-state index contributed by atoms with van der Waals surface area (Å²) in [4.78, 5) is 10.6. The first kappa shape index (κ1) is 24.8. The number of hydrogen-bond acceptors (Lipinski definition) is 5. The Morgan fingerprint density at radius 1 is 1.06 bits per heavy atom. The van der Waals surface area contributed by atoms with Gasteiger partial charge in [-0.05, 0) is 49.4 Å². The highest BCUT2D eigenvalue weighted by molar-refractivity contribution is 5.64.